The Kier molecular flexibility index (Phi) is 3.69. The van der Waals surface area contributed by atoms with Crippen LogP contribution in [0.2, 0.25) is 0 Å². The summed E-state index contributed by atoms with van der Waals surface area (Å²) in [5, 5.41) is 18.0. The lowest BCUT2D eigenvalue weighted by Gasteiger charge is -2.06. The molecule has 114 valence electrons. The third kappa shape index (κ3) is 2.99. The summed E-state index contributed by atoms with van der Waals surface area (Å²) < 4.78 is 11.1. The normalized spacial score (nSPS) is 10.4. The average Bonchev–Trinajstić information content (AvgIpc) is 2.94. The number of carboxylic acids is 1. The first-order chi connectivity index (χ1) is 11.1. The molecule has 0 spiro atoms. The fourth-order valence-corrected chi connectivity index (χ4v) is 2.15. The van der Waals surface area contributed by atoms with E-state index >= 15 is 0 Å². The van der Waals surface area contributed by atoms with E-state index in [-0.39, 0.29) is 12.2 Å². The van der Waals surface area contributed by atoms with Crippen LogP contribution in [0.5, 0.6) is 5.75 Å². The Morgan fingerprint density at radius 2 is 2.17 bits per heavy atom. The number of nitriles is 1. The van der Waals surface area contributed by atoms with E-state index in [1.165, 1.54) is 12.1 Å². The molecule has 3 aromatic rings. The van der Waals surface area contributed by atoms with E-state index < -0.39 is 5.97 Å². The molecule has 2 aromatic carbocycles. The van der Waals surface area contributed by atoms with E-state index in [0.717, 1.165) is 5.56 Å². The number of benzene rings is 2. The van der Waals surface area contributed by atoms with Crippen LogP contribution >= 0.6 is 0 Å². The molecule has 0 saturated heterocycles. The van der Waals surface area contributed by atoms with Gasteiger partial charge in [-0.05, 0) is 42.8 Å². The van der Waals surface area contributed by atoms with Crippen molar-refractivity contribution in [2.24, 2.45) is 0 Å². The first-order valence-corrected chi connectivity index (χ1v) is 6.83. The smallest absolute Gasteiger partial charge is 0.335 e. The van der Waals surface area contributed by atoms with Gasteiger partial charge in [0.25, 0.3) is 0 Å². The molecular weight excluding hydrogens is 296 g/mol. The number of carbonyl (C=O) groups is 1. The van der Waals surface area contributed by atoms with Gasteiger partial charge in [0.15, 0.2) is 12.2 Å². The molecule has 6 heteroatoms. The van der Waals surface area contributed by atoms with Crippen molar-refractivity contribution in [1.82, 2.24) is 4.98 Å². The third-order valence-electron chi connectivity index (χ3n) is 3.29. The van der Waals surface area contributed by atoms with Crippen molar-refractivity contribution in [2.45, 2.75) is 13.5 Å². The van der Waals surface area contributed by atoms with Crippen LogP contribution in [0.4, 0.5) is 0 Å². The quantitative estimate of drug-likeness (QED) is 0.794. The van der Waals surface area contributed by atoms with Gasteiger partial charge in [-0.15, -0.1) is 0 Å². The maximum atomic E-state index is 10.9. The number of ether oxygens (including phenoxy) is 1. The highest BCUT2D eigenvalue weighted by atomic mass is 16.5. The van der Waals surface area contributed by atoms with Crippen LogP contribution in [-0.2, 0) is 6.61 Å². The molecule has 1 aromatic heterocycles. The fourth-order valence-electron chi connectivity index (χ4n) is 2.15. The van der Waals surface area contributed by atoms with E-state index in [1.54, 1.807) is 18.2 Å². The van der Waals surface area contributed by atoms with Gasteiger partial charge >= 0.3 is 5.97 Å². The number of oxazole rings is 1. The molecule has 0 aliphatic heterocycles. The van der Waals surface area contributed by atoms with Crippen LogP contribution in [0, 0.1) is 18.3 Å². The van der Waals surface area contributed by atoms with Crippen LogP contribution in [0.3, 0.4) is 0 Å². The summed E-state index contributed by atoms with van der Waals surface area (Å²) in [5.74, 6) is -0.256. The van der Waals surface area contributed by atoms with Crippen LogP contribution in [0.15, 0.2) is 40.8 Å². The summed E-state index contributed by atoms with van der Waals surface area (Å²) in [6.45, 7) is 1.95. The highest BCUT2D eigenvalue weighted by Crippen LogP contribution is 2.22. The van der Waals surface area contributed by atoms with Gasteiger partial charge in [-0.1, -0.05) is 6.07 Å². The molecule has 0 atom stereocenters. The van der Waals surface area contributed by atoms with E-state index in [4.69, 9.17) is 19.5 Å². The minimum Gasteiger partial charge on any atom is -0.482 e. The predicted molar refractivity (Wildman–Crippen MR) is 81.2 cm³/mol. The molecule has 0 aliphatic carbocycles. The number of rotatable bonds is 4. The van der Waals surface area contributed by atoms with Crippen LogP contribution < -0.4 is 4.74 Å². The van der Waals surface area contributed by atoms with Gasteiger partial charge < -0.3 is 14.3 Å². The minimum atomic E-state index is -1.03. The minimum absolute atomic E-state index is 0.0508. The van der Waals surface area contributed by atoms with Gasteiger partial charge in [0.05, 0.1) is 11.1 Å². The average molecular weight is 308 g/mol. The number of hydrogen-bond donors (Lipinski definition) is 1. The van der Waals surface area contributed by atoms with E-state index in [1.807, 2.05) is 13.0 Å². The summed E-state index contributed by atoms with van der Waals surface area (Å²) in [5.41, 5.74) is 2.47. The van der Waals surface area contributed by atoms with E-state index in [2.05, 4.69) is 11.1 Å². The maximum absolute atomic E-state index is 10.9. The summed E-state index contributed by atoms with van der Waals surface area (Å²) in [7, 11) is 0. The lowest BCUT2D eigenvalue weighted by Crippen LogP contribution is -1.97. The van der Waals surface area contributed by atoms with Crippen LogP contribution in [0.1, 0.15) is 27.4 Å². The Labute approximate surface area is 131 Å². The number of fused-ring (bicyclic) bond motifs is 1. The number of aryl methyl sites for hydroxylation is 1. The Balaban J connectivity index is 1.84. The molecule has 0 aliphatic rings. The highest BCUT2D eigenvalue weighted by molar-refractivity contribution is 5.91. The fraction of sp³-hybridized carbons (Fsp3) is 0.118. The summed E-state index contributed by atoms with van der Waals surface area (Å²) in [4.78, 5) is 15.2. The Morgan fingerprint density at radius 3 is 2.91 bits per heavy atom. The molecule has 0 radical (unpaired) electrons. The Hall–Kier alpha value is -3.33. The Morgan fingerprint density at radius 1 is 1.35 bits per heavy atom. The zero-order valence-corrected chi connectivity index (χ0v) is 12.2. The van der Waals surface area contributed by atoms with E-state index in [0.29, 0.717) is 28.3 Å². The SMILES string of the molecule is Cc1ccc(C#N)c(OCc2nc3ccc(C(=O)O)cc3o2)c1. The monoisotopic (exact) mass is 308 g/mol. The lowest BCUT2D eigenvalue weighted by atomic mass is 10.1. The first kappa shape index (κ1) is 14.6. The first-order valence-electron chi connectivity index (χ1n) is 6.83. The predicted octanol–water partition coefficient (Wildman–Crippen LogP) is 3.29. The zero-order valence-electron chi connectivity index (χ0n) is 12.2. The van der Waals surface area contributed by atoms with Crippen molar-refractivity contribution in [1.29, 1.82) is 5.26 Å². The van der Waals surface area contributed by atoms with Gasteiger partial charge in [-0.2, -0.15) is 5.26 Å². The van der Waals surface area contributed by atoms with Gasteiger partial charge in [0, 0.05) is 0 Å². The summed E-state index contributed by atoms with van der Waals surface area (Å²) in [6, 6.07) is 11.8. The van der Waals surface area contributed by atoms with Crippen molar-refractivity contribution >= 4 is 17.1 Å². The number of carboxylic acid groups (broad SMARTS) is 1. The summed E-state index contributed by atoms with van der Waals surface area (Å²) in [6.07, 6.45) is 0. The molecule has 0 unspecified atom stereocenters. The Bertz CT molecular complexity index is 937. The maximum Gasteiger partial charge on any atom is 0.335 e. The standard InChI is InChI=1S/C17H12N2O4/c1-10-2-3-12(8-18)14(6-10)22-9-16-19-13-5-4-11(17(20)21)7-15(13)23-16/h2-7H,9H2,1H3,(H,20,21). The van der Waals surface area contributed by atoms with Gasteiger partial charge in [0.2, 0.25) is 5.89 Å². The largest absolute Gasteiger partial charge is 0.482 e. The molecule has 1 N–H and O–H groups in total. The second-order valence-corrected chi connectivity index (χ2v) is 5.00. The molecule has 3 rings (SSSR count). The second kappa shape index (κ2) is 5.81. The topological polar surface area (TPSA) is 96.3 Å². The van der Waals surface area contributed by atoms with Crippen molar-refractivity contribution in [3.05, 3.63) is 59.0 Å². The number of aromatic carboxylic acids is 1. The molecule has 6 nitrogen and oxygen atoms in total. The molecule has 0 fully saturated rings. The van der Waals surface area contributed by atoms with Crippen molar-refractivity contribution < 1.29 is 19.1 Å². The molecule has 1 heterocycles. The molecule has 0 amide bonds. The zero-order chi connectivity index (χ0) is 16.4. The molecule has 0 saturated carbocycles. The van der Waals surface area contributed by atoms with Crippen molar-refractivity contribution in [2.75, 3.05) is 0 Å². The lowest BCUT2D eigenvalue weighted by molar-refractivity contribution is 0.0697. The number of aromatic nitrogens is 1. The molecule has 0 bridgehead atoms. The van der Waals surface area contributed by atoms with Crippen molar-refractivity contribution in [3.8, 4) is 11.8 Å². The third-order valence-corrected chi connectivity index (χ3v) is 3.29. The number of nitrogens with zero attached hydrogens (tertiary/aromatic N) is 2. The molecule has 23 heavy (non-hydrogen) atoms. The molecular formula is C17H12N2O4. The van der Waals surface area contributed by atoms with Crippen LogP contribution in [-0.4, -0.2) is 16.1 Å². The van der Waals surface area contributed by atoms with Gasteiger partial charge in [0.1, 0.15) is 17.3 Å². The van der Waals surface area contributed by atoms with Crippen molar-refractivity contribution in [3.63, 3.8) is 0 Å². The van der Waals surface area contributed by atoms with E-state index in [9.17, 15) is 4.79 Å². The number of hydrogen-bond acceptors (Lipinski definition) is 5. The summed E-state index contributed by atoms with van der Waals surface area (Å²) >= 11 is 0. The van der Waals surface area contributed by atoms with Crippen LogP contribution in [0.25, 0.3) is 11.1 Å². The van der Waals surface area contributed by atoms with Gasteiger partial charge in [-0.25, -0.2) is 9.78 Å². The second-order valence-electron chi connectivity index (χ2n) is 5.00. The van der Waals surface area contributed by atoms with Gasteiger partial charge in [-0.3, -0.25) is 0 Å². The highest BCUT2D eigenvalue weighted by Gasteiger charge is 2.11.